The van der Waals surface area contributed by atoms with Crippen LogP contribution >= 0.6 is 0 Å². The molecule has 0 amide bonds. The largest absolute Gasteiger partial charge is 0.469 e. The van der Waals surface area contributed by atoms with Crippen LogP contribution in [0.5, 0.6) is 0 Å². The standard InChI is InChI=1S/C14H18FNO2/c1-18-14(17)12-6-8-16(9-7-12)10-11-2-4-13(15)5-3-11/h2-5,12H,6-10H2,1H3. The van der Waals surface area contributed by atoms with E-state index in [0.717, 1.165) is 38.0 Å². The topological polar surface area (TPSA) is 29.5 Å². The Kier molecular flexibility index (Phi) is 4.31. The molecule has 1 fully saturated rings. The Morgan fingerprint density at radius 3 is 2.50 bits per heavy atom. The van der Waals surface area contributed by atoms with E-state index in [9.17, 15) is 9.18 Å². The molecule has 0 bridgehead atoms. The summed E-state index contributed by atoms with van der Waals surface area (Å²) in [6.45, 7) is 2.59. The molecule has 1 aliphatic rings. The maximum absolute atomic E-state index is 12.8. The number of hydrogen-bond donors (Lipinski definition) is 0. The Morgan fingerprint density at radius 1 is 1.33 bits per heavy atom. The second-order valence-electron chi connectivity index (χ2n) is 4.70. The van der Waals surface area contributed by atoms with Crippen LogP contribution in [0.1, 0.15) is 18.4 Å². The van der Waals surface area contributed by atoms with E-state index < -0.39 is 0 Å². The van der Waals surface area contributed by atoms with Gasteiger partial charge in [0.05, 0.1) is 13.0 Å². The lowest BCUT2D eigenvalue weighted by atomic mass is 9.97. The van der Waals surface area contributed by atoms with Gasteiger partial charge < -0.3 is 4.74 Å². The van der Waals surface area contributed by atoms with Gasteiger partial charge in [0.15, 0.2) is 0 Å². The number of rotatable bonds is 3. The number of halogens is 1. The predicted molar refractivity (Wildman–Crippen MR) is 66.4 cm³/mol. The molecule has 0 spiro atoms. The number of benzene rings is 1. The van der Waals surface area contributed by atoms with Crippen molar-refractivity contribution in [2.75, 3.05) is 20.2 Å². The van der Waals surface area contributed by atoms with E-state index >= 15 is 0 Å². The lowest BCUT2D eigenvalue weighted by Gasteiger charge is -2.30. The van der Waals surface area contributed by atoms with Crippen molar-refractivity contribution in [2.45, 2.75) is 19.4 Å². The van der Waals surface area contributed by atoms with Crippen LogP contribution in [0.2, 0.25) is 0 Å². The summed E-state index contributed by atoms with van der Waals surface area (Å²) in [6.07, 6.45) is 1.68. The number of ether oxygens (including phenoxy) is 1. The van der Waals surface area contributed by atoms with Gasteiger partial charge in [-0.2, -0.15) is 0 Å². The number of piperidine rings is 1. The molecule has 98 valence electrons. The quantitative estimate of drug-likeness (QED) is 0.771. The van der Waals surface area contributed by atoms with Crippen molar-refractivity contribution < 1.29 is 13.9 Å². The third-order valence-corrected chi connectivity index (χ3v) is 3.44. The molecule has 1 saturated heterocycles. The summed E-state index contributed by atoms with van der Waals surface area (Å²) >= 11 is 0. The minimum absolute atomic E-state index is 0.0412. The molecular formula is C14H18FNO2. The first-order chi connectivity index (χ1) is 8.69. The van der Waals surface area contributed by atoms with Crippen LogP contribution in [-0.2, 0) is 16.1 Å². The van der Waals surface area contributed by atoms with Gasteiger partial charge in [-0.3, -0.25) is 9.69 Å². The van der Waals surface area contributed by atoms with Crippen molar-refractivity contribution in [3.05, 3.63) is 35.6 Å². The van der Waals surface area contributed by atoms with E-state index in [1.165, 1.54) is 19.2 Å². The highest BCUT2D eigenvalue weighted by molar-refractivity contribution is 5.72. The summed E-state index contributed by atoms with van der Waals surface area (Å²) in [4.78, 5) is 13.7. The number of carbonyl (C=O) groups excluding carboxylic acids is 1. The van der Waals surface area contributed by atoms with Crippen LogP contribution in [0.25, 0.3) is 0 Å². The number of esters is 1. The van der Waals surface area contributed by atoms with Crippen LogP contribution in [0.4, 0.5) is 4.39 Å². The molecule has 0 N–H and O–H groups in total. The zero-order valence-corrected chi connectivity index (χ0v) is 10.6. The maximum atomic E-state index is 12.8. The summed E-state index contributed by atoms with van der Waals surface area (Å²) in [5, 5.41) is 0. The minimum Gasteiger partial charge on any atom is -0.469 e. The fourth-order valence-electron chi connectivity index (χ4n) is 2.34. The number of likely N-dealkylation sites (tertiary alicyclic amines) is 1. The number of nitrogens with zero attached hydrogens (tertiary/aromatic N) is 1. The van der Waals surface area contributed by atoms with Crippen LogP contribution in [-0.4, -0.2) is 31.1 Å². The molecule has 0 radical (unpaired) electrons. The van der Waals surface area contributed by atoms with E-state index in [-0.39, 0.29) is 17.7 Å². The summed E-state index contributed by atoms with van der Waals surface area (Å²) in [7, 11) is 1.44. The highest BCUT2D eigenvalue weighted by Gasteiger charge is 2.25. The highest BCUT2D eigenvalue weighted by Crippen LogP contribution is 2.20. The van der Waals surface area contributed by atoms with Crippen molar-refractivity contribution in [3.63, 3.8) is 0 Å². The average Bonchev–Trinajstić information content (AvgIpc) is 2.41. The van der Waals surface area contributed by atoms with Gasteiger partial charge in [0.2, 0.25) is 0 Å². The summed E-state index contributed by atoms with van der Waals surface area (Å²) in [5.41, 5.74) is 1.10. The first-order valence-electron chi connectivity index (χ1n) is 6.23. The molecular weight excluding hydrogens is 233 g/mol. The second kappa shape index (κ2) is 5.96. The number of hydrogen-bond acceptors (Lipinski definition) is 3. The van der Waals surface area contributed by atoms with E-state index in [0.29, 0.717) is 0 Å². The van der Waals surface area contributed by atoms with Gasteiger partial charge in [-0.25, -0.2) is 4.39 Å². The lowest BCUT2D eigenvalue weighted by Crippen LogP contribution is -2.36. The molecule has 0 aromatic heterocycles. The van der Waals surface area contributed by atoms with Gasteiger partial charge in [0.25, 0.3) is 0 Å². The van der Waals surface area contributed by atoms with E-state index in [4.69, 9.17) is 4.74 Å². The van der Waals surface area contributed by atoms with Crippen molar-refractivity contribution in [2.24, 2.45) is 5.92 Å². The van der Waals surface area contributed by atoms with E-state index in [1.54, 1.807) is 0 Å². The van der Waals surface area contributed by atoms with Crippen molar-refractivity contribution in [3.8, 4) is 0 Å². The lowest BCUT2D eigenvalue weighted by molar-refractivity contribution is -0.147. The third kappa shape index (κ3) is 3.29. The van der Waals surface area contributed by atoms with Gasteiger partial charge in [0, 0.05) is 6.54 Å². The third-order valence-electron chi connectivity index (χ3n) is 3.44. The van der Waals surface area contributed by atoms with Crippen molar-refractivity contribution >= 4 is 5.97 Å². The predicted octanol–water partition coefficient (Wildman–Crippen LogP) is 2.21. The smallest absolute Gasteiger partial charge is 0.308 e. The first-order valence-corrected chi connectivity index (χ1v) is 6.23. The molecule has 1 aliphatic heterocycles. The zero-order chi connectivity index (χ0) is 13.0. The van der Waals surface area contributed by atoms with Crippen LogP contribution in [0, 0.1) is 11.7 Å². The van der Waals surface area contributed by atoms with E-state index in [1.807, 2.05) is 12.1 Å². The summed E-state index contributed by atoms with van der Waals surface area (Å²) in [5.74, 6) is -0.265. The first kappa shape index (κ1) is 13.0. The average molecular weight is 251 g/mol. The Labute approximate surface area is 107 Å². The molecule has 1 aromatic carbocycles. The Morgan fingerprint density at radius 2 is 1.94 bits per heavy atom. The Bertz CT molecular complexity index is 397. The van der Waals surface area contributed by atoms with Crippen molar-refractivity contribution in [1.82, 2.24) is 4.90 Å². The van der Waals surface area contributed by atoms with Gasteiger partial charge in [-0.05, 0) is 43.6 Å². The SMILES string of the molecule is COC(=O)C1CCN(Cc2ccc(F)cc2)CC1. The van der Waals surface area contributed by atoms with Gasteiger partial charge >= 0.3 is 5.97 Å². The molecule has 0 atom stereocenters. The Hall–Kier alpha value is -1.42. The molecule has 0 aliphatic carbocycles. The van der Waals surface area contributed by atoms with E-state index in [2.05, 4.69) is 4.90 Å². The maximum Gasteiger partial charge on any atom is 0.308 e. The van der Waals surface area contributed by atoms with Crippen molar-refractivity contribution in [1.29, 1.82) is 0 Å². The molecule has 4 heteroatoms. The minimum atomic E-state index is -0.205. The highest BCUT2D eigenvalue weighted by atomic mass is 19.1. The Balaban J connectivity index is 1.83. The van der Waals surface area contributed by atoms with Crippen LogP contribution in [0.3, 0.4) is 0 Å². The summed E-state index contributed by atoms with van der Waals surface area (Å²) < 4.78 is 17.5. The molecule has 3 nitrogen and oxygen atoms in total. The second-order valence-corrected chi connectivity index (χ2v) is 4.70. The zero-order valence-electron chi connectivity index (χ0n) is 10.6. The molecule has 0 saturated carbocycles. The number of methoxy groups -OCH3 is 1. The van der Waals surface area contributed by atoms with Gasteiger partial charge in [-0.15, -0.1) is 0 Å². The molecule has 1 heterocycles. The fourth-order valence-corrected chi connectivity index (χ4v) is 2.34. The molecule has 1 aromatic rings. The van der Waals surface area contributed by atoms with Crippen LogP contribution in [0.15, 0.2) is 24.3 Å². The monoisotopic (exact) mass is 251 g/mol. The molecule has 18 heavy (non-hydrogen) atoms. The fraction of sp³-hybridized carbons (Fsp3) is 0.500. The van der Waals surface area contributed by atoms with Gasteiger partial charge in [-0.1, -0.05) is 12.1 Å². The van der Waals surface area contributed by atoms with Crippen LogP contribution < -0.4 is 0 Å². The molecule has 0 unspecified atom stereocenters. The molecule has 2 rings (SSSR count). The van der Waals surface area contributed by atoms with Gasteiger partial charge in [0.1, 0.15) is 5.82 Å². The normalized spacial score (nSPS) is 17.7. The number of carbonyl (C=O) groups is 1. The summed E-state index contributed by atoms with van der Waals surface area (Å²) in [6, 6.07) is 6.58.